The Bertz CT molecular complexity index is 1180. The zero-order valence-electron chi connectivity index (χ0n) is 18.7. The monoisotopic (exact) mass is 474 g/mol. The van der Waals surface area contributed by atoms with Crippen LogP contribution in [0.25, 0.3) is 22.6 Å². The van der Waals surface area contributed by atoms with Crippen molar-refractivity contribution in [1.82, 2.24) is 19.9 Å². The molecule has 0 saturated heterocycles. The number of hydrogen-bond donors (Lipinski definition) is 1. The molecule has 0 spiro atoms. The van der Waals surface area contributed by atoms with Gasteiger partial charge < -0.3 is 19.0 Å². The first-order chi connectivity index (χ1) is 14.9. The van der Waals surface area contributed by atoms with Crippen LogP contribution >= 0.6 is 24.0 Å². The van der Waals surface area contributed by atoms with Crippen molar-refractivity contribution in [3.63, 3.8) is 0 Å². The second kappa shape index (κ2) is 10.4. The van der Waals surface area contributed by atoms with Crippen molar-refractivity contribution in [2.45, 2.75) is 26.8 Å². The van der Waals surface area contributed by atoms with Crippen molar-refractivity contribution >= 4 is 35.0 Å². The normalized spacial score (nSPS) is 11.3. The number of halogens is 2. The Morgan fingerprint density at radius 1 is 1.12 bits per heavy atom. The molecule has 0 unspecified atom stereocenters. The van der Waals surface area contributed by atoms with Gasteiger partial charge in [-0.1, -0.05) is 31.5 Å². The summed E-state index contributed by atoms with van der Waals surface area (Å²) in [5.74, 6) is 2.51. The van der Waals surface area contributed by atoms with E-state index in [-0.39, 0.29) is 12.4 Å². The number of benzene rings is 2. The van der Waals surface area contributed by atoms with Gasteiger partial charge in [-0.3, -0.25) is 0 Å². The Hall–Kier alpha value is -2.54. The number of hydrogen-bond acceptors (Lipinski definition) is 5. The Balaban J connectivity index is 0.00000289. The summed E-state index contributed by atoms with van der Waals surface area (Å²) in [6, 6.07) is 11.9. The highest BCUT2D eigenvalue weighted by Crippen LogP contribution is 2.27. The van der Waals surface area contributed by atoms with Crippen LogP contribution in [0.15, 0.2) is 47.1 Å². The molecule has 2 aromatic heterocycles. The number of H-pyrrole nitrogens is 1. The number of nitrogens with zero attached hydrogens (tertiary/aromatic N) is 3. The Kier molecular flexibility index (Phi) is 7.82. The predicted octanol–water partition coefficient (Wildman–Crippen LogP) is 5.98. The van der Waals surface area contributed by atoms with E-state index < -0.39 is 0 Å². The third kappa shape index (κ3) is 5.82. The lowest BCUT2D eigenvalue weighted by atomic mass is 10.1. The molecule has 0 aliphatic heterocycles. The predicted molar refractivity (Wildman–Crippen MR) is 131 cm³/mol. The number of aromatic amines is 1. The lowest BCUT2D eigenvalue weighted by Crippen LogP contribution is -2.10. The molecule has 0 atom stereocenters. The fourth-order valence-corrected chi connectivity index (χ4v) is 3.58. The molecule has 32 heavy (non-hydrogen) atoms. The average Bonchev–Trinajstić information content (AvgIpc) is 3.33. The van der Waals surface area contributed by atoms with E-state index in [1.165, 1.54) is 5.56 Å². The van der Waals surface area contributed by atoms with Gasteiger partial charge in [0.15, 0.2) is 11.7 Å². The summed E-state index contributed by atoms with van der Waals surface area (Å²) in [6.45, 7) is 5.75. The van der Waals surface area contributed by atoms with Crippen LogP contribution in [0.4, 0.5) is 0 Å². The van der Waals surface area contributed by atoms with Crippen LogP contribution in [-0.4, -0.2) is 40.6 Å². The minimum Gasteiger partial charge on any atom is -0.493 e. The summed E-state index contributed by atoms with van der Waals surface area (Å²) in [5, 5.41) is 0.657. The molecule has 0 saturated carbocycles. The Morgan fingerprint density at radius 2 is 1.94 bits per heavy atom. The SMILES string of the molecule is CC(C)COc1ccc(Cl)cc1Cc1nc(-c2nc3ccc(CN(C)C)cc3[nH]2)co1.Cl. The van der Waals surface area contributed by atoms with Crippen molar-refractivity contribution in [2.24, 2.45) is 5.92 Å². The number of aromatic nitrogens is 3. The van der Waals surface area contributed by atoms with E-state index in [1.54, 1.807) is 6.26 Å². The molecule has 0 radical (unpaired) electrons. The molecular formula is C24H28Cl2N4O2. The van der Waals surface area contributed by atoms with Gasteiger partial charge in [0, 0.05) is 17.1 Å². The zero-order chi connectivity index (χ0) is 22.0. The van der Waals surface area contributed by atoms with Gasteiger partial charge in [-0.2, -0.15) is 0 Å². The number of rotatable bonds is 8. The number of nitrogens with one attached hydrogen (secondary N) is 1. The van der Waals surface area contributed by atoms with E-state index in [4.69, 9.17) is 20.8 Å². The number of fused-ring (bicyclic) bond motifs is 1. The van der Waals surface area contributed by atoms with Crippen LogP contribution in [0.3, 0.4) is 0 Å². The molecular weight excluding hydrogens is 447 g/mol. The van der Waals surface area contributed by atoms with Gasteiger partial charge >= 0.3 is 0 Å². The summed E-state index contributed by atoms with van der Waals surface area (Å²) in [7, 11) is 4.11. The summed E-state index contributed by atoms with van der Waals surface area (Å²) in [6.07, 6.45) is 2.12. The van der Waals surface area contributed by atoms with E-state index >= 15 is 0 Å². The topological polar surface area (TPSA) is 67.2 Å². The first-order valence-corrected chi connectivity index (χ1v) is 10.7. The molecule has 0 amide bonds. The highest BCUT2D eigenvalue weighted by Gasteiger charge is 2.14. The van der Waals surface area contributed by atoms with Gasteiger partial charge in [-0.25, -0.2) is 9.97 Å². The number of imidazole rings is 1. The van der Waals surface area contributed by atoms with E-state index in [2.05, 4.69) is 59.9 Å². The third-order valence-electron chi connectivity index (χ3n) is 4.78. The number of oxazole rings is 1. The molecule has 2 heterocycles. The van der Waals surface area contributed by atoms with Gasteiger partial charge in [-0.15, -0.1) is 12.4 Å². The maximum Gasteiger partial charge on any atom is 0.199 e. The van der Waals surface area contributed by atoms with Gasteiger partial charge in [0.2, 0.25) is 0 Å². The van der Waals surface area contributed by atoms with Crippen LogP contribution in [-0.2, 0) is 13.0 Å². The van der Waals surface area contributed by atoms with Crippen molar-refractivity contribution in [3.8, 4) is 17.3 Å². The van der Waals surface area contributed by atoms with E-state index in [1.807, 2.05) is 24.3 Å². The summed E-state index contributed by atoms with van der Waals surface area (Å²) in [4.78, 5) is 14.8. The standard InChI is InChI=1S/C24H27ClN4O2.ClH/c1-15(2)13-30-22-8-6-18(25)10-17(22)11-23-26-21(14-31-23)24-27-19-7-5-16(12-29(3)4)9-20(19)28-24;/h5-10,14-15H,11-13H2,1-4H3,(H,27,28);1H. The highest BCUT2D eigenvalue weighted by molar-refractivity contribution is 6.30. The van der Waals surface area contributed by atoms with Crippen molar-refractivity contribution in [2.75, 3.05) is 20.7 Å². The summed E-state index contributed by atoms with van der Waals surface area (Å²) in [5.41, 5.74) is 4.73. The first kappa shape index (κ1) is 24.1. The number of ether oxygens (including phenoxy) is 1. The maximum atomic E-state index is 6.21. The largest absolute Gasteiger partial charge is 0.493 e. The zero-order valence-corrected chi connectivity index (χ0v) is 20.3. The molecule has 4 rings (SSSR count). The van der Waals surface area contributed by atoms with E-state index in [9.17, 15) is 0 Å². The van der Waals surface area contributed by atoms with E-state index in [0.717, 1.165) is 28.9 Å². The molecule has 0 aliphatic rings. The van der Waals surface area contributed by atoms with Crippen LogP contribution in [0, 0.1) is 5.92 Å². The van der Waals surface area contributed by atoms with Crippen LogP contribution in [0.1, 0.15) is 30.9 Å². The minimum atomic E-state index is 0. The Morgan fingerprint density at radius 3 is 2.69 bits per heavy atom. The molecule has 1 N–H and O–H groups in total. The van der Waals surface area contributed by atoms with Crippen molar-refractivity contribution in [3.05, 3.63) is 64.7 Å². The molecule has 0 aliphatic carbocycles. The summed E-state index contributed by atoms with van der Waals surface area (Å²) < 4.78 is 11.7. The summed E-state index contributed by atoms with van der Waals surface area (Å²) >= 11 is 6.21. The van der Waals surface area contributed by atoms with Crippen LogP contribution < -0.4 is 4.74 Å². The smallest absolute Gasteiger partial charge is 0.199 e. The van der Waals surface area contributed by atoms with Gasteiger partial charge in [0.05, 0.1) is 24.1 Å². The minimum absolute atomic E-state index is 0. The van der Waals surface area contributed by atoms with Gasteiger partial charge in [-0.05, 0) is 55.9 Å². The quantitative estimate of drug-likeness (QED) is 0.340. The second-order valence-corrected chi connectivity index (χ2v) is 8.87. The first-order valence-electron chi connectivity index (χ1n) is 10.4. The van der Waals surface area contributed by atoms with Crippen LogP contribution in [0.5, 0.6) is 5.75 Å². The van der Waals surface area contributed by atoms with Crippen LogP contribution in [0.2, 0.25) is 5.02 Å². The maximum absolute atomic E-state index is 6.21. The van der Waals surface area contributed by atoms with Gasteiger partial charge in [0.25, 0.3) is 0 Å². The fourth-order valence-electron chi connectivity index (χ4n) is 3.39. The molecule has 4 aromatic rings. The molecule has 170 valence electrons. The Labute approximate surface area is 199 Å². The van der Waals surface area contributed by atoms with Gasteiger partial charge in [0.1, 0.15) is 17.7 Å². The van der Waals surface area contributed by atoms with Crippen molar-refractivity contribution in [1.29, 1.82) is 0 Å². The molecule has 8 heteroatoms. The third-order valence-corrected chi connectivity index (χ3v) is 5.01. The van der Waals surface area contributed by atoms with E-state index in [0.29, 0.717) is 41.4 Å². The second-order valence-electron chi connectivity index (χ2n) is 8.43. The molecule has 6 nitrogen and oxygen atoms in total. The highest BCUT2D eigenvalue weighted by atomic mass is 35.5. The lowest BCUT2D eigenvalue weighted by Gasteiger charge is -2.12. The fraction of sp³-hybridized carbons (Fsp3) is 0.333. The molecule has 2 aromatic carbocycles. The lowest BCUT2D eigenvalue weighted by molar-refractivity contribution is 0.268. The average molecular weight is 475 g/mol. The molecule has 0 fully saturated rings. The van der Waals surface area contributed by atoms with Crippen molar-refractivity contribution < 1.29 is 9.15 Å². The molecule has 0 bridgehead atoms.